The van der Waals surface area contributed by atoms with E-state index in [0.717, 1.165) is 19.3 Å². The van der Waals surface area contributed by atoms with Crippen molar-refractivity contribution >= 4 is 49.8 Å². The first kappa shape index (κ1) is 26.3. The molecular formula is C40H38N2. The van der Waals surface area contributed by atoms with Crippen molar-refractivity contribution < 1.29 is 0 Å². The van der Waals surface area contributed by atoms with Crippen LogP contribution < -0.4 is 0 Å². The Morgan fingerprint density at radius 1 is 0.762 bits per heavy atom. The average Bonchev–Trinajstić information content (AvgIpc) is 3.37. The van der Waals surface area contributed by atoms with Crippen molar-refractivity contribution in [1.82, 2.24) is 9.13 Å². The number of hydrogen-bond acceptors (Lipinski definition) is 0. The number of aromatic nitrogens is 2. The highest BCUT2D eigenvalue weighted by Crippen LogP contribution is 2.39. The van der Waals surface area contributed by atoms with Crippen LogP contribution in [0.25, 0.3) is 55.5 Å². The van der Waals surface area contributed by atoms with Gasteiger partial charge >= 0.3 is 0 Å². The van der Waals surface area contributed by atoms with Crippen LogP contribution in [0.5, 0.6) is 0 Å². The number of rotatable bonds is 5. The highest BCUT2D eigenvalue weighted by Gasteiger charge is 2.19. The van der Waals surface area contributed by atoms with Gasteiger partial charge in [0, 0.05) is 33.4 Å². The summed E-state index contributed by atoms with van der Waals surface area (Å²) in [4.78, 5) is 0. The first-order valence-electron chi connectivity index (χ1n) is 15.3. The third-order valence-electron chi connectivity index (χ3n) is 8.87. The predicted molar refractivity (Wildman–Crippen MR) is 183 cm³/mol. The minimum Gasteiger partial charge on any atom is -0.316 e. The molecule has 0 unspecified atom stereocenters. The first-order valence-corrected chi connectivity index (χ1v) is 15.3. The van der Waals surface area contributed by atoms with Gasteiger partial charge in [-0.25, -0.2) is 0 Å². The molecule has 2 aromatic heterocycles. The summed E-state index contributed by atoms with van der Waals surface area (Å²) in [6, 6.07) is 29.3. The van der Waals surface area contributed by atoms with Crippen LogP contribution in [0.1, 0.15) is 44.7 Å². The van der Waals surface area contributed by atoms with Gasteiger partial charge in [-0.2, -0.15) is 0 Å². The fourth-order valence-corrected chi connectivity index (χ4v) is 6.66. The van der Waals surface area contributed by atoms with Gasteiger partial charge in [-0.3, -0.25) is 0 Å². The summed E-state index contributed by atoms with van der Waals surface area (Å²) in [5.41, 5.74) is 11.7. The highest BCUT2D eigenvalue weighted by molar-refractivity contribution is 6.19. The molecule has 2 heterocycles. The van der Waals surface area contributed by atoms with Crippen LogP contribution in [0.4, 0.5) is 0 Å². The lowest BCUT2D eigenvalue weighted by molar-refractivity contribution is 0.662. The summed E-state index contributed by atoms with van der Waals surface area (Å²) < 4.78 is 4.92. The second-order valence-electron chi connectivity index (χ2n) is 12.0. The van der Waals surface area contributed by atoms with Gasteiger partial charge in [0.25, 0.3) is 0 Å². The number of hydrogen-bond donors (Lipinski definition) is 0. The van der Waals surface area contributed by atoms with E-state index in [0.29, 0.717) is 5.92 Å². The molecular weight excluding hydrogens is 508 g/mol. The molecule has 0 amide bonds. The van der Waals surface area contributed by atoms with Gasteiger partial charge in [-0.1, -0.05) is 99.7 Å². The standard InChI is InChI=1S/C40H38N2/c1-5-29-16-13-21-36(28(29)4)42-38-20-12-10-18-33(38)35-24-39-34(25-40(35)42)32-17-9-11-19-37(32)41(39)26-31-15-8-6-7-14-30(31)23-22-27(2)3/h6-14,16-21,23-27H,5,15,22H2,1-4H3/b30-23-,31-26+. The van der Waals surface area contributed by atoms with E-state index in [2.05, 4.69) is 152 Å². The highest BCUT2D eigenvalue weighted by atomic mass is 15.0. The molecule has 0 aliphatic heterocycles. The Balaban J connectivity index is 1.55. The molecule has 0 spiro atoms. The zero-order valence-electron chi connectivity index (χ0n) is 25.1. The zero-order chi connectivity index (χ0) is 28.8. The van der Waals surface area contributed by atoms with E-state index in [4.69, 9.17) is 0 Å². The lowest BCUT2D eigenvalue weighted by atomic mass is 10.0. The first-order chi connectivity index (χ1) is 20.5. The van der Waals surface area contributed by atoms with Crippen LogP contribution in [0.15, 0.2) is 120 Å². The van der Waals surface area contributed by atoms with Crippen molar-refractivity contribution in [1.29, 1.82) is 0 Å². The Morgan fingerprint density at radius 2 is 1.48 bits per heavy atom. The van der Waals surface area contributed by atoms with Crippen molar-refractivity contribution in [3.63, 3.8) is 0 Å². The smallest absolute Gasteiger partial charge is 0.0548 e. The van der Waals surface area contributed by atoms with Crippen molar-refractivity contribution in [3.8, 4) is 5.69 Å². The van der Waals surface area contributed by atoms with Gasteiger partial charge in [0.05, 0.1) is 22.1 Å². The summed E-state index contributed by atoms with van der Waals surface area (Å²) in [6.45, 7) is 9.08. The molecule has 4 aromatic carbocycles. The van der Waals surface area contributed by atoms with Crippen molar-refractivity contribution in [3.05, 3.63) is 132 Å². The minimum atomic E-state index is 0.629. The summed E-state index contributed by atoms with van der Waals surface area (Å²) in [5, 5.41) is 5.15. The molecule has 2 nitrogen and oxygen atoms in total. The molecule has 0 N–H and O–H groups in total. The quantitative estimate of drug-likeness (QED) is 0.203. The molecule has 2 heteroatoms. The molecule has 0 fully saturated rings. The van der Waals surface area contributed by atoms with Crippen LogP contribution in [0.2, 0.25) is 0 Å². The summed E-state index contributed by atoms with van der Waals surface area (Å²) in [6.07, 6.45) is 16.7. The fourth-order valence-electron chi connectivity index (χ4n) is 6.66. The lowest BCUT2D eigenvalue weighted by Crippen LogP contribution is -1.99. The fraction of sp³-hybridized carbons (Fsp3) is 0.200. The van der Waals surface area contributed by atoms with Crippen LogP contribution in [0.3, 0.4) is 0 Å². The number of aryl methyl sites for hydroxylation is 1. The Bertz CT molecular complexity index is 2100. The molecule has 0 radical (unpaired) electrons. The van der Waals surface area contributed by atoms with E-state index in [1.807, 2.05) is 0 Å². The molecule has 6 aromatic rings. The minimum absolute atomic E-state index is 0.629. The molecule has 0 atom stereocenters. The van der Waals surface area contributed by atoms with Crippen molar-refractivity contribution in [2.24, 2.45) is 5.92 Å². The molecule has 0 saturated heterocycles. The van der Waals surface area contributed by atoms with Gasteiger partial charge < -0.3 is 9.13 Å². The average molecular weight is 547 g/mol. The van der Waals surface area contributed by atoms with Gasteiger partial charge in [-0.15, -0.1) is 0 Å². The lowest BCUT2D eigenvalue weighted by Gasteiger charge is -2.14. The molecule has 208 valence electrons. The van der Waals surface area contributed by atoms with Crippen molar-refractivity contribution in [2.45, 2.75) is 47.0 Å². The Labute approximate surface area is 248 Å². The number of allylic oxidation sites excluding steroid dienone is 7. The van der Waals surface area contributed by atoms with Crippen molar-refractivity contribution in [2.75, 3.05) is 0 Å². The van der Waals surface area contributed by atoms with Crippen LogP contribution in [0, 0.1) is 12.8 Å². The predicted octanol–water partition coefficient (Wildman–Crippen LogP) is 11.1. The molecule has 7 rings (SSSR count). The summed E-state index contributed by atoms with van der Waals surface area (Å²) in [5.74, 6) is 0.629. The molecule has 1 aliphatic carbocycles. The molecule has 0 saturated carbocycles. The topological polar surface area (TPSA) is 9.86 Å². The van der Waals surface area contributed by atoms with E-state index in [9.17, 15) is 0 Å². The van der Waals surface area contributed by atoms with Crippen LogP contribution in [-0.4, -0.2) is 9.13 Å². The van der Waals surface area contributed by atoms with Crippen LogP contribution >= 0.6 is 0 Å². The largest absolute Gasteiger partial charge is 0.316 e. The summed E-state index contributed by atoms with van der Waals surface area (Å²) in [7, 11) is 0. The van der Waals surface area contributed by atoms with E-state index >= 15 is 0 Å². The number of para-hydroxylation sites is 2. The normalized spacial score (nSPS) is 15.8. The van der Waals surface area contributed by atoms with E-state index in [1.165, 1.54) is 71.6 Å². The second-order valence-corrected chi connectivity index (χ2v) is 12.0. The maximum Gasteiger partial charge on any atom is 0.0548 e. The third-order valence-corrected chi connectivity index (χ3v) is 8.87. The SMILES string of the molecule is CCc1cccc(-n2c3ccccc3c3cc4c(cc32)c2ccccc2n4/C=C2\CC=CC=C\C2=C\CC(C)C)c1C. The summed E-state index contributed by atoms with van der Waals surface area (Å²) >= 11 is 0. The van der Waals surface area contributed by atoms with Gasteiger partial charge in [0.15, 0.2) is 0 Å². The number of benzene rings is 4. The Kier molecular flexibility index (Phi) is 6.70. The van der Waals surface area contributed by atoms with Gasteiger partial charge in [0.1, 0.15) is 0 Å². The van der Waals surface area contributed by atoms with Gasteiger partial charge in [-0.05, 0) is 84.7 Å². The second kappa shape index (κ2) is 10.7. The van der Waals surface area contributed by atoms with E-state index < -0.39 is 0 Å². The van der Waals surface area contributed by atoms with E-state index in [1.54, 1.807) is 0 Å². The Morgan fingerprint density at radius 3 is 2.26 bits per heavy atom. The van der Waals surface area contributed by atoms with Crippen LogP contribution in [-0.2, 0) is 6.42 Å². The van der Waals surface area contributed by atoms with Gasteiger partial charge in [0.2, 0.25) is 0 Å². The maximum absolute atomic E-state index is 2.48. The molecule has 0 bridgehead atoms. The Hall–Kier alpha value is -4.56. The zero-order valence-corrected chi connectivity index (χ0v) is 25.1. The third kappa shape index (κ3) is 4.34. The maximum atomic E-state index is 2.48. The number of fused-ring (bicyclic) bond motifs is 6. The monoisotopic (exact) mass is 546 g/mol. The number of nitrogens with zero attached hydrogens (tertiary/aromatic N) is 2. The molecule has 1 aliphatic rings. The van der Waals surface area contributed by atoms with E-state index in [-0.39, 0.29) is 0 Å². The molecule has 42 heavy (non-hydrogen) atoms.